The van der Waals surface area contributed by atoms with E-state index in [-0.39, 0.29) is 10.2 Å². The lowest BCUT2D eigenvalue weighted by atomic mass is 10.1. The van der Waals surface area contributed by atoms with Gasteiger partial charge in [0.15, 0.2) is 11.6 Å². The Labute approximate surface area is 102 Å². The van der Waals surface area contributed by atoms with Gasteiger partial charge in [-0.05, 0) is 48.8 Å². The molecule has 1 N–H and O–H groups in total. The average molecular weight is 290 g/mol. The number of carbonyl (C=O) groups is 1. The molecule has 0 fully saturated rings. The average Bonchev–Trinajstić information content (AvgIpc) is 2.09. The maximum absolute atomic E-state index is 13.4. The molecule has 3 nitrogen and oxygen atoms in total. The molecule has 0 bridgehead atoms. The third-order valence-electron chi connectivity index (χ3n) is 1.60. The Balaban J connectivity index is 2.74. The maximum atomic E-state index is 13.4. The van der Waals surface area contributed by atoms with E-state index >= 15 is 0 Å². The van der Waals surface area contributed by atoms with Crippen LogP contribution in [0.5, 0.6) is 5.75 Å². The normalized spacial score (nSPS) is 11.1. The zero-order chi connectivity index (χ0) is 12.3. The molecule has 0 aliphatic rings. The molecule has 1 rings (SSSR count). The first kappa shape index (κ1) is 13.0. The summed E-state index contributed by atoms with van der Waals surface area (Å²) in [5, 5.41) is 2.57. The van der Waals surface area contributed by atoms with Crippen molar-refractivity contribution in [1.29, 1.82) is 0 Å². The summed E-state index contributed by atoms with van der Waals surface area (Å²) in [5.74, 6) is -0.692. The van der Waals surface area contributed by atoms with Crippen LogP contribution in [0.2, 0.25) is 0 Å². The standard InChI is InChI=1S/C11H13BrFNO2/c1-11(2,3)14-10(15)16-8-6-4-5-7(12)9(8)13/h4-6H,1-3H3,(H,14,15). The van der Waals surface area contributed by atoms with Gasteiger partial charge in [-0.3, -0.25) is 0 Å². The first-order valence-corrected chi connectivity index (χ1v) is 5.53. The fourth-order valence-corrected chi connectivity index (χ4v) is 1.34. The lowest BCUT2D eigenvalue weighted by Gasteiger charge is -2.19. The molecule has 1 aromatic rings. The van der Waals surface area contributed by atoms with Crippen LogP contribution in [0.4, 0.5) is 9.18 Å². The molecular weight excluding hydrogens is 277 g/mol. The van der Waals surface area contributed by atoms with Gasteiger partial charge in [0, 0.05) is 5.54 Å². The summed E-state index contributed by atoms with van der Waals surface area (Å²) in [6.07, 6.45) is -0.676. The molecule has 0 saturated carbocycles. The van der Waals surface area contributed by atoms with Crippen LogP contribution in [0.1, 0.15) is 20.8 Å². The summed E-state index contributed by atoms with van der Waals surface area (Å²) >= 11 is 3.01. The van der Waals surface area contributed by atoms with E-state index in [0.29, 0.717) is 0 Å². The van der Waals surface area contributed by atoms with Crippen LogP contribution in [0, 0.1) is 5.82 Å². The first-order valence-electron chi connectivity index (χ1n) is 4.73. The molecule has 0 aliphatic carbocycles. The second kappa shape index (κ2) is 4.82. The summed E-state index contributed by atoms with van der Waals surface area (Å²) in [6, 6.07) is 4.51. The number of halogens is 2. The Hall–Kier alpha value is -1.10. The molecule has 16 heavy (non-hydrogen) atoms. The molecule has 88 valence electrons. The summed E-state index contributed by atoms with van der Waals surface area (Å²) in [7, 11) is 0. The van der Waals surface area contributed by atoms with Crippen LogP contribution in [0.15, 0.2) is 22.7 Å². The van der Waals surface area contributed by atoms with Crippen molar-refractivity contribution < 1.29 is 13.9 Å². The van der Waals surface area contributed by atoms with E-state index in [2.05, 4.69) is 21.2 Å². The summed E-state index contributed by atoms with van der Waals surface area (Å²) in [6.45, 7) is 5.43. The maximum Gasteiger partial charge on any atom is 0.413 e. The van der Waals surface area contributed by atoms with Gasteiger partial charge < -0.3 is 10.1 Å². The molecule has 1 amide bonds. The highest BCUT2D eigenvalue weighted by Gasteiger charge is 2.17. The fourth-order valence-electron chi connectivity index (χ4n) is 0.994. The van der Waals surface area contributed by atoms with Gasteiger partial charge >= 0.3 is 6.09 Å². The third-order valence-corrected chi connectivity index (χ3v) is 2.21. The minimum absolute atomic E-state index is 0.101. The molecule has 0 radical (unpaired) electrons. The minimum atomic E-state index is -0.676. The highest BCUT2D eigenvalue weighted by Crippen LogP contribution is 2.24. The smallest absolute Gasteiger partial charge is 0.407 e. The SMILES string of the molecule is CC(C)(C)NC(=O)Oc1cccc(Br)c1F. The Morgan fingerprint density at radius 3 is 2.62 bits per heavy atom. The summed E-state index contributed by atoms with van der Waals surface area (Å²) in [5.41, 5.74) is -0.417. The van der Waals surface area contributed by atoms with Crippen LogP contribution in [0.25, 0.3) is 0 Å². The largest absolute Gasteiger partial charge is 0.413 e. The van der Waals surface area contributed by atoms with E-state index in [1.165, 1.54) is 12.1 Å². The molecule has 0 aliphatic heterocycles. The molecule has 0 atom stereocenters. The van der Waals surface area contributed by atoms with Gasteiger partial charge in [0.1, 0.15) is 0 Å². The van der Waals surface area contributed by atoms with Gasteiger partial charge in [-0.15, -0.1) is 0 Å². The van der Waals surface area contributed by atoms with Crippen molar-refractivity contribution in [3.8, 4) is 5.75 Å². The van der Waals surface area contributed by atoms with Gasteiger partial charge in [-0.25, -0.2) is 9.18 Å². The molecule has 0 aromatic heterocycles. The van der Waals surface area contributed by atoms with Crippen LogP contribution >= 0.6 is 15.9 Å². The number of amides is 1. The van der Waals surface area contributed by atoms with Crippen molar-refractivity contribution in [2.24, 2.45) is 0 Å². The number of ether oxygens (including phenoxy) is 1. The number of benzene rings is 1. The molecule has 0 spiro atoms. The van der Waals surface area contributed by atoms with E-state index in [1.54, 1.807) is 6.07 Å². The highest BCUT2D eigenvalue weighted by molar-refractivity contribution is 9.10. The van der Waals surface area contributed by atoms with Crippen LogP contribution < -0.4 is 10.1 Å². The Kier molecular flexibility index (Phi) is 3.91. The summed E-state index contributed by atoms with van der Waals surface area (Å²) < 4.78 is 18.5. The topological polar surface area (TPSA) is 38.3 Å². The molecule has 0 heterocycles. The number of carbonyl (C=O) groups excluding carboxylic acids is 1. The van der Waals surface area contributed by atoms with E-state index in [4.69, 9.17) is 4.74 Å². The Bertz CT molecular complexity index is 401. The van der Waals surface area contributed by atoms with Gasteiger partial charge in [-0.1, -0.05) is 6.07 Å². The second-order valence-corrected chi connectivity index (χ2v) is 5.17. The van der Waals surface area contributed by atoms with Crippen LogP contribution in [-0.4, -0.2) is 11.6 Å². The van der Waals surface area contributed by atoms with Gasteiger partial charge in [0.2, 0.25) is 0 Å². The van der Waals surface area contributed by atoms with Crippen molar-refractivity contribution in [3.63, 3.8) is 0 Å². The quantitative estimate of drug-likeness (QED) is 0.860. The zero-order valence-electron chi connectivity index (χ0n) is 9.30. The second-order valence-electron chi connectivity index (χ2n) is 4.32. The molecular formula is C11H13BrFNO2. The first-order chi connectivity index (χ1) is 7.29. The predicted octanol–water partition coefficient (Wildman–Crippen LogP) is 3.48. The number of hydrogen-bond acceptors (Lipinski definition) is 2. The van der Waals surface area contributed by atoms with Crippen molar-refractivity contribution in [3.05, 3.63) is 28.5 Å². The van der Waals surface area contributed by atoms with E-state index in [1.807, 2.05) is 20.8 Å². The highest BCUT2D eigenvalue weighted by atomic mass is 79.9. The Morgan fingerprint density at radius 1 is 1.44 bits per heavy atom. The monoisotopic (exact) mass is 289 g/mol. The Morgan fingerprint density at radius 2 is 2.06 bits per heavy atom. The van der Waals surface area contributed by atoms with E-state index in [9.17, 15) is 9.18 Å². The molecule has 0 unspecified atom stereocenters. The van der Waals surface area contributed by atoms with Gasteiger partial charge in [0.05, 0.1) is 4.47 Å². The number of nitrogens with one attached hydrogen (secondary N) is 1. The lowest BCUT2D eigenvalue weighted by molar-refractivity contribution is 0.188. The zero-order valence-corrected chi connectivity index (χ0v) is 10.9. The molecule has 1 aromatic carbocycles. The van der Waals surface area contributed by atoms with Crippen molar-refractivity contribution in [1.82, 2.24) is 5.32 Å². The molecule has 5 heteroatoms. The van der Waals surface area contributed by atoms with Crippen molar-refractivity contribution in [2.45, 2.75) is 26.3 Å². The number of rotatable bonds is 1. The van der Waals surface area contributed by atoms with Gasteiger partial charge in [-0.2, -0.15) is 0 Å². The van der Waals surface area contributed by atoms with E-state index < -0.39 is 17.4 Å². The third kappa shape index (κ3) is 3.81. The minimum Gasteiger partial charge on any atom is -0.407 e. The fraction of sp³-hybridized carbons (Fsp3) is 0.364. The van der Waals surface area contributed by atoms with E-state index in [0.717, 1.165) is 0 Å². The summed E-state index contributed by atoms with van der Waals surface area (Å²) in [4.78, 5) is 11.4. The lowest BCUT2D eigenvalue weighted by Crippen LogP contribution is -2.42. The van der Waals surface area contributed by atoms with Crippen molar-refractivity contribution >= 4 is 22.0 Å². The van der Waals surface area contributed by atoms with Crippen LogP contribution in [-0.2, 0) is 0 Å². The van der Waals surface area contributed by atoms with Crippen molar-refractivity contribution in [2.75, 3.05) is 0 Å². The molecule has 0 saturated heterocycles. The number of hydrogen-bond donors (Lipinski definition) is 1. The van der Waals surface area contributed by atoms with Crippen LogP contribution in [0.3, 0.4) is 0 Å². The van der Waals surface area contributed by atoms with Gasteiger partial charge in [0.25, 0.3) is 0 Å². The predicted molar refractivity (Wildman–Crippen MR) is 63.0 cm³/mol.